The Morgan fingerprint density at radius 2 is 0.803 bits per heavy atom. The third-order valence-corrected chi connectivity index (χ3v) is 14.9. The minimum atomic E-state index is 0.261. The summed E-state index contributed by atoms with van der Waals surface area (Å²) in [6.45, 7) is 13.9. The molecule has 0 aliphatic heterocycles. The summed E-state index contributed by atoms with van der Waals surface area (Å²) in [6.07, 6.45) is 1.77. The van der Waals surface area contributed by atoms with Crippen LogP contribution in [-0.4, -0.2) is 0 Å². The van der Waals surface area contributed by atoms with Gasteiger partial charge in [0, 0.05) is 44.7 Å². The molecule has 3 heteroatoms. The third kappa shape index (κ3) is 7.50. The van der Waals surface area contributed by atoms with Crippen molar-refractivity contribution in [3.05, 3.63) is 229 Å². The zero-order chi connectivity index (χ0) is 48.3. The largest absolute Gasteiger partial charge is 0.456 e. The SMILES string of the molecule is CCc1ccccc1N(c1cc2oc3ccccc3c2cc1CC)c1cc(C(C)C)c2ccc3c(N(c4ccc(-c5ccccc5)cc4)c4ccc(-c5ccccc5)cc4)cc(C(C)C)c4ccc1c2c43. The first-order chi connectivity index (χ1) is 34.8. The van der Waals surface area contributed by atoms with Crippen molar-refractivity contribution in [2.45, 2.75) is 66.2 Å². The summed E-state index contributed by atoms with van der Waals surface area (Å²) in [7, 11) is 0. The van der Waals surface area contributed by atoms with Crippen molar-refractivity contribution >= 4 is 88.4 Å². The van der Waals surface area contributed by atoms with Gasteiger partial charge in [0.05, 0.1) is 17.1 Å². The molecule has 0 fully saturated rings. The van der Waals surface area contributed by atoms with Gasteiger partial charge in [0.1, 0.15) is 11.2 Å². The Bertz CT molecular complexity index is 3800. The van der Waals surface area contributed by atoms with Crippen LogP contribution >= 0.6 is 0 Å². The summed E-state index contributed by atoms with van der Waals surface area (Å²) in [5.74, 6) is 0.526. The van der Waals surface area contributed by atoms with E-state index in [-0.39, 0.29) is 11.8 Å². The van der Waals surface area contributed by atoms with Crippen LogP contribution in [0, 0.1) is 0 Å². The van der Waals surface area contributed by atoms with Crippen molar-refractivity contribution in [3.63, 3.8) is 0 Å². The van der Waals surface area contributed by atoms with E-state index in [1.165, 1.54) is 93.9 Å². The predicted molar refractivity (Wildman–Crippen MR) is 305 cm³/mol. The van der Waals surface area contributed by atoms with Gasteiger partial charge in [-0.05, 0) is 145 Å². The highest BCUT2D eigenvalue weighted by Crippen LogP contribution is 2.52. The molecule has 0 N–H and O–H groups in total. The second-order valence-corrected chi connectivity index (χ2v) is 19.8. The monoisotopic (exact) mass is 918 g/mol. The Hall–Kier alpha value is -8.14. The van der Waals surface area contributed by atoms with Crippen LogP contribution in [0.1, 0.15) is 75.6 Å². The van der Waals surface area contributed by atoms with Gasteiger partial charge in [-0.3, -0.25) is 0 Å². The van der Waals surface area contributed by atoms with Crippen LogP contribution in [-0.2, 0) is 12.8 Å². The summed E-state index contributed by atoms with van der Waals surface area (Å²) in [5.41, 5.74) is 18.8. The first kappa shape index (κ1) is 44.1. The summed E-state index contributed by atoms with van der Waals surface area (Å²) < 4.78 is 6.68. The normalized spacial score (nSPS) is 11.9. The molecule has 11 aromatic carbocycles. The number of nitrogens with zero attached hydrogens (tertiary/aromatic N) is 2. The van der Waals surface area contributed by atoms with Gasteiger partial charge in [0.15, 0.2) is 0 Å². The summed E-state index contributed by atoms with van der Waals surface area (Å²) >= 11 is 0. The van der Waals surface area contributed by atoms with Crippen LogP contribution in [0.2, 0.25) is 0 Å². The second-order valence-electron chi connectivity index (χ2n) is 19.8. The Labute approximate surface area is 417 Å². The number of hydrogen-bond donors (Lipinski definition) is 0. The molecule has 0 radical (unpaired) electrons. The van der Waals surface area contributed by atoms with Gasteiger partial charge in [-0.1, -0.05) is 187 Å². The van der Waals surface area contributed by atoms with Crippen LogP contribution < -0.4 is 9.80 Å². The Morgan fingerprint density at radius 1 is 0.338 bits per heavy atom. The van der Waals surface area contributed by atoms with E-state index in [4.69, 9.17) is 4.42 Å². The van der Waals surface area contributed by atoms with Crippen molar-refractivity contribution in [1.29, 1.82) is 0 Å². The lowest BCUT2D eigenvalue weighted by atomic mass is 9.84. The average Bonchev–Trinajstić information content (AvgIpc) is 3.78. The lowest BCUT2D eigenvalue weighted by molar-refractivity contribution is 0.669. The van der Waals surface area contributed by atoms with Gasteiger partial charge in [-0.25, -0.2) is 0 Å². The van der Waals surface area contributed by atoms with E-state index in [9.17, 15) is 0 Å². The van der Waals surface area contributed by atoms with Gasteiger partial charge in [-0.2, -0.15) is 0 Å². The van der Waals surface area contributed by atoms with Crippen molar-refractivity contribution in [1.82, 2.24) is 0 Å². The average molecular weight is 919 g/mol. The van der Waals surface area contributed by atoms with Crippen LogP contribution in [0.4, 0.5) is 34.1 Å². The molecule has 0 aliphatic carbocycles. The molecule has 1 aromatic heterocycles. The van der Waals surface area contributed by atoms with Crippen LogP contribution in [0.15, 0.2) is 211 Å². The minimum Gasteiger partial charge on any atom is -0.456 e. The molecule has 0 saturated carbocycles. The quantitative estimate of drug-likeness (QED) is 0.114. The van der Waals surface area contributed by atoms with Gasteiger partial charge < -0.3 is 14.2 Å². The molecule has 0 atom stereocenters. The van der Waals surface area contributed by atoms with Crippen LogP contribution in [0.3, 0.4) is 0 Å². The third-order valence-electron chi connectivity index (χ3n) is 14.9. The number of para-hydroxylation sites is 2. The molecule has 0 spiro atoms. The molecular weight excluding hydrogens is 861 g/mol. The second kappa shape index (κ2) is 18.0. The smallest absolute Gasteiger partial charge is 0.137 e. The highest BCUT2D eigenvalue weighted by molar-refractivity contribution is 6.29. The van der Waals surface area contributed by atoms with E-state index in [2.05, 4.69) is 258 Å². The highest BCUT2D eigenvalue weighted by atomic mass is 16.3. The number of rotatable bonds is 12. The van der Waals surface area contributed by atoms with Crippen molar-refractivity contribution in [3.8, 4) is 22.3 Å². The van der Waals surface area contributed by atoms with E-state index < -0.39 is 0 Å². The number of hydrogen-bond acceptors (Lipinski definition) is 3. The van der Waals surface area contributed by atoms with Crippen LogP contribution in [0.25, 0.3) is 76.5 Å². The molecule has 71 heavy (non-hydrogen) atoms. The first-order valence-electron chi connectivity index (χ1n) is 25.5. The fourth-order valence-corrected chi connectivity index (χ4v) is 11.3. The molecule has 0 bridgehead atoms. The maximum Gasteiger partial charge on any atom is 0.137 e. The number of fused-ring (bicyclic) bond motifs is 3. The van der Waals surface area contributed by atoms with Crippen LogP contribution in [0.5, 0.6) is 0 Å². The van der Waals surface area contributed by atoms with Crippen molar-refractivity contribution in [2.75, 3.05) is 9.80 Å². The fraction of sp³-hybridized carbons (Fsp3) is 0.147. The molecule has 3 nitrogen and oxygen atoms in total. The van der Waals surface area contributed by atoms with Gasteiger partial charge in [0.25, 0.3) is 0 Å². The molecule has 12 rings (SSSR count). The molecule has 346 valence electrons. The van der Waals surface area contributed by atoms with E-state index >= 15 is 0 Å². The Kier molecular flexibility index (Phi) is 11.2. The number of benzene rings is 11. The molecule has 0 unspecified atom stereocenters. The van der Waals surface area contributed by atoms with E-state index in [1.54, 1.807) is 0 Å². The number of furan rings is 1. The lowest BCUT2D eigenvalue weighted by Gasteiger charge is -2.33. The number of aryl methyl sites for hydroxylation is 2. The van der Waals surface area contributed by atoms with Gasteiger partial charge >= 0.3 is 0 Å². The maximum absolute atomic E-state index is 6.68. The lowest BCUT2D eigenvalue weighted by Crippen LogP contribution is -2.15. The molecule has 12 aromatic rings. The fourth-order valence-electron chi connectivity index (χ4n) is 11.3. The molecule has 0 saturated heterocycles. The highest BCUT2D eigenvalue weighted by Gasteiger charge is 2.28. The summed E-state index contributed by atoms with van der Waals surface area (Å²) in [6, 6.07) is 76.4. The van der Waals surface area contributed by atoms with Crippen molar-refractivity contribution < 1.29 is 4.42 Å². The summed E-state index contributed by atoms with van der Waals surface area (Å²) in [4.78, 5) is 5.06. The molecular formula is C68H58N2O. The molecule has 1 heterocycles. The first-order valence-corrected chi connectivity index (χ1v) is 25.5. The number of anilines is 6. The predicted octanol–water partition coefficient (Wildman–Crippen LogP) is 20.1. The summed E-state index contributed by atoms with van der Waals surface area (Å²) in [5, 5.41) is 10.0. The van der Waals surface area contributed by atoms with E-state index in [0.717, 1.165) is 51.8 Å². The molecule has 0 aliphatic rings. The zero-order valence-electron chi connectivity index (χ0n) is 41.5. The minimum absolute atomic E-state index is 0.261. The van der Waals surface area contributed by atoms with E-state index in [0.29, 0.717) is 0 Å². The Morgan fingerprint density at radius 3 is 1.34 bits per heavy atom. The standard InChI is InChI=1S/C68H58N2O/c1-7-45-19-15-17-25-61(45)70(62-42-66-60(39-46(62)8-2)53-24-16-18-26-65(53)71-66)64-41-59(44(5)6)55-35-37-56-63(40-58(43(3)4)54-36-38-57(64)68(55)67(54)56)69(51-31-27-49(28-32-51)47-20-11-9-12-21-47)52-33-29-50(30-34-52)48-22-13-10-14-23-48/h9-44H,7-8H2,1-6H3. The van der Waals surface area contributed by atoms with Crippen molar-refractivity contribution in [2.24, 2.45) is 0 Å². The topological polar surface area (TPSA) is 19.6 Å². The maximum atomic E-state index is 6.68. The zero-order valence-corrected chi connectivity index (χ0v) is 41.5. The molecule has 0 amide bonds. The van der Waals surface area contributed by atoms with Gasteiger partial charge in [-0.15, -0.1) is 0 Å². The van der Waals surface area contributed by atoms with E-state index in [1.807, 2.05) is 0 Å². The van der Waals surface area contributed by atoms with Gasteiger partial charge in [0.2, 0.25) is 0 Å². The Balaban J connectivity index is 1.15.